The average molecular weight is 257 g/mol. The van der Waals surface area contributed by atoms with E-state index in [1.165, 1.54) is 0 Å². The van der Waals surface area contributed by atoms with Crippen LogP contribution in [0.25, 0.3) is 0 Å². The molecule has 0 aromatic heterocycles. The zero-order chi connectivity index (χ0) is 11.5. The molecular weight excluding hydrogens is 240 g/mol. The molecule has 1 amide bonds. The topological polar surface area (TPSA) is 41.6 Å². The lowest BCUT2D eigenvalue weighted by Crippen LogP contribution is -2.53. The monoisotopic (exact) mass is 256 g/mol. The van der Waals surface area contributed by atoms with E-state index in [9.17, 15) is 4.79 Å². The van der Waals surface area contributed by atoms with Gasteiger partial charge < -0.3 is 15.0 Å². The summed E-state index contributed by atoms with van der Waals surface area (Å²) >= 11 is 0. The largest absolute Gasteiger partial charge is 0.497 e. The van der Waals surface area contributed by atoms with Gasteiger partial charge >= 0.3 is 0 Å². The molecule has 4 nitrogen and oxygen atoms in total. The Morgan fingerprint density at radius 3 is 2.59 bits per heavy atom. The number of ether oxygens (including phenoxy) is 1. The van der Waals surface area contributed by atoms with E-state index in [1.54, 1.807) is 12.0 Å². The summed E-state index contributed by atoms with van der Waals surface area (Å²) in [4.78, 5) is 13.7. The number of rotatable bonds is 2. The summed E-state index contributed by atoms with van der Waals surface area (Å²) in [5.74, 6) is 0.927. The van der Waals surface area contributed by atoms with Crippen LogP contribution in [0.4, 0.5) is 5.69 Å². The molecule has 1 N–H and O–H groups in total. The fourth-order valence-corrected chi connectivity index (χ4v) is 1.84. The van der Waals surface area contributed by atoms with Crippen LogP contribution >= 0.6 is 12.4 Å². The highest BCUT2D eigenvalue weighted by Crippen LogP contribution is 2.20. The minimum atomic E-state index is -0.101. The quantitative estimate of drug-likeness (QED) is 0.871. The highest BCUT2D eigenvalue weighted by atomic mass is 35.5. The van der Waals surface area contributed by atoms with Crippen molar-refractivity contribution in [2.24, 2.45) is 0 Å². The number of methoxy groups -OCH3 is 1. The van der Waals surface area contributed by atoms with E-state index in [-0.39, 0.29) is 24.4 Å². The first-order valence-corrected chi connectivity index (χ1v) is 5.41. The molecule has 5 heteroatoms. The zero-order valence-corrected chi connectivity index (χ0v) is 10.8. The Hall–Kier alpha value is -1.26. The third-order valence-corrected chi connectivity index (χ3v) is 2.81. The summed E-state index contributed by atoms with van der Waals surface area (Å²) in [7, 11) is 1.63. The lowest BCUT2D eigenvalue weighted by atomic mass is 10.2. The lowest BCUT2D eigenvalue weighted by molar-refractivity contribution is -0.121. The molecule has 17 heavy (non-hydrogen) atoms. The molecule has 0 radical (unpaired) electrons. The Morgan fingerprint density at radius 2 is 2.00 bits per heavy atom. The van der Waals surface area contributed by atoms with Crippen molar-refractivity contribution in [2.75, 3.05) is 25.1 Å². The molecule has 0 spiro atoms. The van der Waals surface area contributed by atoms with E-state index in [2.05, 4.69) is 5.32 Å². The van der Waals surface area contributed by atoms with Crippen molar-refractivity contribution >= 4 is 24.0 Å². The van der Waals surface area contributed by atoms with Gasteiger partial charge in [0.2, 0.25) is 5.91 Å². The molecule has 1 aliphatic heterocycles. The molecule has 0 aliphatic carbocycles. The molecule has 0 bridgehead atoms. The predicted molar refractivity (Wildman–Crippen MR) is 70.1 cm³/mol. The molecule has 1 aromatic rings. The van der Waals surface area contributed by atoms with E-state index in [0.717, 1.165) is 24.5 Å². The van der Waals surface area contributed by atoms with Crippen LogP contribution in [0, 0.1) is 0 Å². The summed E-state index contributed by atoms with van der Waals surface area (Å²) in [5, 5.41) is 3.14. The van der Waals surface area contributed by atoms with Crippen molar-refractivity contribution in [1.82, 2.24) is 5.32 Å². The van der Waals surface area contributed by atoms with Gasteiger partial charge in [0.05, 0.1) is 13.2 Å². The van der Waals surface area contributed by atoms with Crippen LogP contribution in [0.15, 0.2) is 24.3 Å². The Bertz CT molecular complexity index is 381. The standard InChI is InChI=1S/C12H16N2O2.ClH/c1-9-12(15)14(8-7-13-9)10-3-5-11(16-2)6-4-10;/h3-6,9,13H,7-8H2,1-2H3;1H. The van der Waals surface area contributed by atoms with Crippen LogP contribution in [0.2, 0.25) is 0 Å². The van der Waals surface area contributed by atoms with E-state index in [1.807, 2.05) is 31.2 Å². The van der Waals surface area contributed by atoms with Crippen molar-refractivity contribution in [3.8, 4) is 5.75 Å². The fourth-order valence-electron chi connectivity index (χ4n) is 1.84. The summed E-state index contributed by atoms with van der Waals surface area (Å²) < 4.78 is 5.09. The van der Waals surface area contributed by atoms with E-state index in [4.69, 9.17) is 4.74 Å². The summed E-state index contributed by atoms with van der Waals surface area (Å²) in [5.41, 5.74) is 0.930. The molecule has 94 valence electrons. The Labute approximate surface area is 107 Å². The number of halogens is 1. The Morgan fingerprint density at radius 1 is 1.35 bits per heavy atom. The molecule has 1 heterocycles. The number of piperazine rings is 1. The first-order chi connectivity index (χ1) is 7.72. The lowest BCUT2D eigenvalue weighted by Gasteiger charge is -2.31. The first kappa shape index (κ1) is 13.8. The van der Waals surface area contributed by atoms with Crippen LogP contribution in [0.5, 0.6) is 5.75 Å². The number of anilines is 1. The second-order valence-corrected chi connectivity index (χ2v) is 3.86. The van der Waals surface area contributed by atoms with Crippen molar-refractivity contribution in [1.29, 1.82) is 0 Å². The maximum Gasteiger partial charge on any atom is 0.243 e. The number of nitrogens with zero attached hydrogens (tertiary/aromatic N) is 1. The number of carbonyl (C=O) groups excluding carboxylic acids is 1. The molecule has 1 unspecified atom stereocenters. The maximum absolute atomic E-state index is 11.9. The minimum absolute atomic E-state index is 0. The summed E-state index contributed by atoms with van der Waals surface area (Å²) in [6.45, 7) is 3.44. The van der Waals surface area contributed by atoms with Crippen molar-refractivity contribution < 1.29 is 9.53 Å². The molecule has 1 atom stereocenters. The van der Waals surface area contributed by atoms with Gasteiger partial charge in [-0.3, -0.25) is 4.79 Å². The number of hydrogen-bond donors (Lipinski definition) is 1. The molecular formula is C12H17ClN2O2. The summed E-state index contributed by atoms with van der Waals surface area (Å²) in [6, 6.07) is 7.46. The van der Waals surface area contributed by atoms with Gasteiger partial charge in [0.15, 0.2) is 0 Å². The predicted octanol–water partition coefficient (Wildman–Crippen LogP) is 1.44. The van der Waals surface area contributed by atoms with Crippen LogP contribution in [-0.2, 0) is 4.79 Å². The third kappa shape index (κ3) is 2.90. The third-order valence-electron chi connectivity index (χ3n) is 2.81. The number of amides is 1. The van der Waals surface area contributed by atoms with Gasteiger partial charge in [0.1, 0.15) is 5.75 Å². The molecule has 2 rings (SSSR count). The maximum atomic E-state index is 11.9. The van der Waals surface area contributed by atoms with Crippen molar-refractivity contribution in [3.05, 3.63) is 24.3 Å². The van der Waals surface area contributed by atoms with Gasteiger partial charge in [-0.2, -0.15) is 0 Å². The highest BCUT2D eigenvalue weighted by molar-refractivity contribution is 5.97. The molecule has 1 saturated heterocycles. The second-order valence-electron chi connectivity index (χ2n) is 3.86. The van der Waals surface area contributed by atoms with Crippen LogP contribution in [0.1, 0.15) is 6.92 Å². The van der Waals surface area contributed by atoms with Gasteiger partial charge in [0.25, 0.3) is 0 Å². The molecule has 0 saturated carbocycles. The van der Waals surface area contributed by atoms with E-state index in [0.29, 0.717) is 0 Å². The van der Waals surface area contributed by atoms with Gasteiger partial charge in [-0.05, 0) is 31.2 Å². The summed E-state index contributed by atoms with van der Waals surface area (Å²) in [6.07, 6.45) is 0. The van der Waals surface area contributed by atoms with Crippen molar-refractivity contribution in [3.63, 3.8) is 0 Å². The van der Waals surface area contributed by atoms with Crippen molar-refractivity contribution in [2.45, 2.75) is 13.0 Å². The van der Waals surface area contributed by atoms with Crippen LogP contribution in [-0.4, -0.2) is 32.1 Å². The number of nitrogens with one attached hydrogen (secondary N) is 1. The zero-order valence-electron chi connectivity index (χ0n) is 9.97. The van der Waals surface area contributed by atoms with Gasteiger partial charge in [-0.25, -0.2) is 0 Å². The number of carbonyl (C=O) groups is 1. The van der Waals surface area contributed by atoms with Gasteiger partial charge in [0, 0.05) is 18.8 Å². The first-order valence-electron chi connectivity index (χ1n) is 5.41. The normalized spacial score (nSPS) is 19.8. The average Bonchev–Trinajstić information content (AvgIpc) is 2.33. The smallest absolute Gasteiger partial charge is 0.243 e. The molecule has 1 aliphatic rings. The van der Waals surface area contributed by atoms with Gasteiger partial charge in [-0.1, -0.05) is 0 Å². The Kier molecular flexibility index (Phi) is 4.78. The van der Waals surface area contributed by atoms with E-state index < -0.39 is 0 Å². The second kappa shape index (κ2) is 5.89. The Balaban J connectivity index is 0.00000144. The van der Waals surface area contributed by atoms with Gasteiger partial charge in [-0.15, -0.1) is 12.4 Å². The van der Waals surface area contributed by atoms with Crippen LogP contribution < -0.4 is 15.0 Å². The minimum Gasteiger partial charge on any atom is -0.497 e. The van der Waals surface area contributed by atoms with Crippen LogP contribution in [0.3, 0.4) is 0 Å². The number of benzene rings is 1. The highest BCUT2D eigenvalue weighted by Gasteiger charge is 2.25. The SMILES string of the molecule is COc1ccc(N2CCNC(C)C2=O)cc1.Cl. The molecule has 1 aromatic carbocycles. The molecule has 1 fully saturated rings. The number of hydrogen-bond acceptors (Lipinski definition) is 3. The fraction of sp³-hybridized carbons (Fsp3) is 0.417. The van der Waals surface area contributed by atoms with E-state index >= 15 is 0 Å².